The highest BCUT2D eigenvalue weighted by atomic mass is 32.2. The zero-order valence-electron chi connectivity index (χ0n) is 17.5. The molecule has 158 valence electrons. The van der Waals surface area contributed by atoms with Crippen LogP contribution in [0, 0.1) is 13.8 Å². The van der Waals surface area contributed by atoms with E-state index in [1.165, 1.54) is 17.6 Å². The minimum atomic E-state index is -3.14. The van der Waals surface area contributed by atoms with Gasteiger partial charge in [-0.05, 0) is 66.9 Å². The molecule has 1 heterocycles. The maximum absolute atomic E-state index is 13.6. The lowest BCUT2D eigenvalue weighted by atomic mass is 10.1. The number of carbonyl (C=O) groups is 1. The molecule has 31 heavy (non-hydrogen) atoms. The van der Waals surface area contributed by atoms with Crippen molar-refractivity contribution < 1.29 is 13.2 Å². The van der Waals surface area contributed by atoms with E-state index >= 15 is 0 Å². The first-order chi connectivity index (χ1) is 14.7. The predicted molar refractivity (Wildman–Crippen MR) is 127 cm³/mol. The van der Waals surface area contributed by atoms with Gasteiger partial charge in [0.25, 0.3) is 5.91 Å². The first-order valence-electron chi connectivity index (χ1n) is 9.74. The molecule has 0 aliphatic carbocycles. The highest BCUT2D eigenvalue weighted by Crippen LogP contribution is 2.35. The molecule has 0 fully saturated rings. The first-order valence-corrected chi connectivity index (χ1v) is 12.6. The monoisotopic (exact) mass is 450 g/mol. The van der Waals surface area contributed by atoms with Crippen LogP contribution >= 0.6 is 11.3 Å². The third-order valence-electron chi connectivity index (χ3n) is 4.77. The number of para-hydroxylation sites is 1. The summed E-state index contributed by atoms with van der Waals surface area (Å²) >= 11 is 1.46. The average molecular weight is 451 g/mol. The van der Waals surface area contributed by atoms with E-state index in [1.807, 2.05) is 50.2 Å². The van der Waals surface area contributed by atoms with Crippen LogP contribution < -0.4 is 4.90 Å². The van der Waals surface area contributed by atoms with Crippen molar-refractivity contribution in [2.45, 2.75) is 19.6 Å². The van der Waals surface area contributed by atoms with Crippen molar-refractivity contribution in [1.82, 2.24) is 4.98 Å². The van der Waals surface area contributed by atoms with Gasteiger partial charge in [-0.2, -0.15) is 0 Å². The van der Waals surface area contributed by atoms with Crippen LogP contribution in [0.25, 0.3) is 10.2 Å². The lowest BCUT2D eigenvalue weighted by molar-refractivity contribution is 0.0999. The Balaban J connectivity index is 1.79. The second-order valence-electron chi connectivity index (χ2n) is 7.72. The van der Waals surface area contributed by atoms with Gasteiger partial charge < -0.3 is 0 Å². The lowest BCUT2D eigenvalue weighted by Crippen LogP contribution is -2.26. The lowest BCUT2D eigenvalue weighted by Gasteiger charge is -2.21. The Hall–Kier alpha value is -3.03. The molecule has 1 amide bonds. The van der Waals surface area contributed by atoms with E-state index in [0.29, 0.717) is 16.3 Å². The van der Waals surface area contributed by atoms with Gasteiger partial charge in [-0.15, -0.1) is 0 Å². The molecule has 0 atom stereocenters. The van der Waals surface area contributed by atoms with Crippen molar-refractivity contribution in [1.29, 1.82) is 0 Å². The summed E-state index contributed by atoms with van der Waals surface area (Å²) < 4.78 is 24.1. The Morgan fingerprint density at radius 3 is 2.23 bits per heavy atom. The van der Waals surface area contributed by atoms with Crippen molar-refractivity contribution in [3.63, 3.8) is 0 Å². The van der Waals surface area contributed by atoms with Crippen molar-refractivity contribution in [3.05, 3.63) is 89.0 Å². The number of hydrogen-bond acceptors (Lipinski definition) is 5. The van der Waals surface area contributed by atoms with Gasteiger partial charge in [-0.3, -0.25) is 9.69 Å². The number of aromatic nitrogens is 1. The summed E-state index contributed by atoms with van der Waals surface area (Å²) in [5.74, 6) is -0.268. The van der Waals surface area contributed by atoms with E-state index in [0.717, 1.165) is 27.0 Å². The molecule has 1 aromatic heterocycles. The predicted octanol–water partition coefficient (Wildman–Crippen LogP) is 5.44. The van der Waals surface area contributed by atoms with E-state index in [2.05, 4.69) is 6.07 Å². The van der Waals surface area contributed by atoms with E-state index in [9.17, 15) is 13.2 Å². The minimum absolute atomic E-state index is 0.0554. The Morgan fingerprint density at radius 1 is 0.968 bits per heavy atom. The van der Waals surface area contributed by atoms with Gasteiger partial charge in [-0.1, -0.05) is 41.7 Å². The quantitative estimate of drug-likeness (QED) is 0.406. The van der Waals surface area contributed by atoms with Crippen molar-refractivity contribution >= 4 is 48.1 Å². The third-order valence-corrected chi connectivity index (χ3v) is 6.65. The van der Waals surface area contributed by atoms with E-state index < -0.39 is 9.84 Å². The zero-order valence-corrected chi connectivity index (χ0v) is 19.1. The van der Waals surface area contributed by atoms with Crippen molar-refractivity contribution in [2.24, 2.45) is 0 Å². The van der Waals surface area contributed by atoms with Gasteiger partial charge in [0.15, 0.2) is 15.0 Å². The van der Waals surface area contributed by atoms with Crippen LogP contribution in [0.1, 0.15) is 27.0 Å². The zero-order chi connectivity index (χ0) is 22.2. The molecule has 0 radical (unpaired) electrons. The molecule has 0 saturated heterocycles. The molecule has 5 nitrogen and oxygen atoms in total. The molecule has 4 rings (SSSR count). The summed E-state index contributed by atoms with van der Waals surface area (Å²) in [6.07, 6.45) is 1.20. The number of thiazole rings is 1. The molecule has 0 aliphatic heterocycles. The van der Waals surface area contributed by atoms with Crippen LogP contribution in [0.2, 0.25) is 0 Å². The van der Waals surface area contributed by atoms with E-state index in [1.54, 1.807) is 29.2 Å². The van der Waals surface area contributed by atoms with Crippen molar-refractivity contribution in [3.8, 4) is 0 Å². The van der Waals surface area contributed by atoms with E-state index in [4.69, 9.17) is 4.98 Å². The molecule has 0 spiro atoms. The number of nitrogens with zero attached hydrogens (tertiary/aromatic N) is 2. The first kappa shape index (κ1) is 21.2. The van der Waals surface area contributed by atoms with Gasteiger partial charge in [0.1, 0.15) is 0 Å². The molecule has 4 aromatic rings. The standard InChI is InChI=1S/C24H22N2O3S2/c1-16-12-17(2)14-20(13-16)26(24-25-21-6-4-5-7-22(21)30-24)23(27)19-10-8-18(9-11-19)15-31(3,28)29/h4-14H,15H2,1-3H3. The fraction of sp³-hybridized carbons (Fsp3) is 0.167. The summed E-state index contributed by atoms with van der Waals surface area (Å²) in [7, 11) is -3.14. The Bertz CT molecular complexity index is 1320. The van der Waals surface area contributed by atoms with Gasteiger partial charge in [0.2, 0.25) is 0 Å². The fourth-order valence-corrected chi connectivity index (χ4v) is 5.31. The maximum Gasteiger partial charge on any atom is 0.264 e. The van der Waals surface area contributed by atoms with E-state index in [-0.39, 0.29) is 11.7 Å². The van der Waals surface area contributed by atoms with Crippen LogP contribution in [-0.2, 0) is 15.6 Å². The molecule has 0 saturated carbocycles. The number of hydrogen-bond donors (Lipinski definition) is 0. The number of carbonyl (C=O) groups excluding carboxylic acids is 1. The van der Waals surface area contributed by atoms with Crippen LogP contribution in [0.4, 0.5) is 10.8 Å². The smallest absolute Gasteiger partial charge is 0.264 e. The molecule has 0 bridgehead atoms. The van der Waals surface area contributed by atoms with Crippen LogP contribution in [0.5, 0.6) is 0 Å². The summed E-state index contributed by atoms with van der Waals surface area (Å²) in [5, 5.41) is 0.594. The largest absolute Gasteiger partial charge is 0.268 e. The molecule has 0 unspecified atom stereocenters. The second kappa shape index (κ2) is 8.24. The van der Waals surface area contributed by atoms with Crippen LogP contribution in [0.15, 0.2) is 66.7 Å². The SMILES string of the molecule is Cc1cc(C)cc(N(C(=O)c2ccc(CS(C)(=O)=O)cc2)c2nc3ccccc3s2)c1. The number of aryl methyl sites for hydroxylation is 2. The molecule has 0 aliphatic rings. The normalized spacial score (nSPS) is 11.6. The number of fused-ring (bicyclic) bond motifs is 1. The molecule has 3 aromatic carbocycles. The highest BCUT2D eigenvalue weighted by Gasteiger charge is 2.24. The maximum atomic E-state index is 13.6. The molecule has 0 N–H and O–H groups in total. The Morgan fingerprint density at radius 2 is 1.61 bits per heavy atom. The average Bonchev–Trinajstić information content (AvgIpc) is 3.10. The van der Waals surface area contributed by atoms with Gasteiger partial charge >= 0.3 is 0 Å². The Labute approximate surface area is 185 Å². The molecule has 7 heteroatoms. The Kier molecular flexibility index (Phi) is 5.64. The number of benzene rings is 3. The summed E-state index contributed by atoms with van der Waals surface area (Å²) in [6, 6.07) is 20.5. The van der Waals surface area contributed by atoms with Gasteiger partial charge in [-0.25, -0.2) is 13.4 Å². The molecular formula is C24H22N2O3S2. The number of rotatable bonds is 5. The molecular weight excluding hydrogens is 428 g/mol. The highest BCUT2D eigenvalue weighted by molar-refractivity contribution is 7.89. The van der Waals surface area contributed by atoms with Crippen LogP contribution in [0.3, 0.4) is 0 Å². The van der Waals surface area contributed by atoms with Gasteiger partial charge in [0, 0.05) is 11.8 Å². The topological polar surface area (TPSA) is 67.3 Å². The third kappa shape index (κ3) is 4.84. The van der Waals surface area contributed by atoms with Gasteiger partial charge in [0.05, 0.1) is 21.7 Å². The summed E-state index contributed by atoms with van der Waals surface area (Å²) in [5.41, 5.74) is 4.82. The summed E-state index contributed by atoms with van der Waals surface area (Å²) in [4.78, 5) is 20.0. The second-order valence-corrected chi connectivity index (χ2v) is 10.9. The number of anilines is 2. The van der Waals surface area contributed by atoms with Crippen molar-refractivity contribution in [2.75, 3.05) is 11.2 Å². The van der Waals surface area contributed by atoms with Crippen LogP contribution in [-0.4, -0.2) is 25.6 Å². The summed E-state index contributed by atoms with van der Waals surface area (Å²) in [6.45, 7) is 4.00. The number of sulfone groups is 1. The number of amides is 1. The minimum Gasteiger partial charge on any atom is -0.268 e. The fourth-order valence-electron chi connectivity index (χ4n) is 3.53.